The fourth-order valence-corrected chi connectivity index (χ4v) is 1.38. The maximum Gasteiger partial charge on any atom is 0.248 e. The number of nitrogens with zero attached hydrogens (tertiary/aromatic N) is 1. The van der Waals surface area contributed by atoms with Gasteiger partial charge in [0.2, 0.25) is 11.9 Å². The summed E-state index contributed by atoms with van der Waals surface area (Å²) in [5.74, 6) is -1.32. The molecule has 1 amide bonds. The van der Waals surface area contributed by atoms with Crippen LogP contribution in [0.2, 0.25) is 0 Å². The largest absolute Gasteiger partial charge is 0.321 e. The fraction of sp³-hybridized carbons (Fsp3) is 0. The van der Waals surface area contributed by atoms with E-state index in [9.17, 15) is 13.6 Å². The third-order valence-electron chi connectivity index (χ3n) is 2.29. The number of amides is 1. The molecule has 0 radical (unpaired) electrons. The summed E-state index contributed by atoms with van der Waals surface area (Å²) in [5.41, 5.74) is 1.10. The lowest BCUT2D eigenvalue weighted by atomic mass is 10.2. The van der Waals surface area contributed by atoms with Gasteiger partial charge in [-0.3, -0.25) is 4.79 Å². The van der Waals surface area contributed by atoms with Crippen LogP contribution in [0.5, 0.6) is 0 Å². The summed E-state index contributed by atoms with van der Waals surface area (Å²) in [5, 5.41) is 2.52. The lowest BCUT2D eigenvalue weighted by Crippen LogP contribution is -2.07. The normalized spacial score (nSPS) is 10.6. The van der Waals surface area contributed by atoms with Gasteiger partial charge in [0.15, 0.2) is 0 Å². The average molecular weight is 260 g/mol. The predicted octanol–water partition coefficient (Wildman–Crippen LogP) is 3.01. The third-order valence-corrected chi connectivity index (χ3v) is 2.29. The van der Waals surface area contributed by atoms with Crippen molar-refractivity contribution in [2.24, 2.45) is 0 Å². The first-order chi connectivity index (χ1) is 9.13. The van der Waals surface area contributed by atoms with Crippen LogP contribution in [-0.4, -0.2) is 10.9 Å². The second-order valence-electron chi connectivity index (χ2n) is 3.74. The summed E-state index contributed by atoms with van der Waals surface area (Å²) in [4.78, 5) is 15.0. The fourth-order valence-electron chi connectivity index (χ4n) is 1.38. The molecule has 0 aliphatic carbocycles. The van der Waals surface area contributed by atoms with Crippen LogP contribution in [0.25, 0.3) is 6.08 Å². The number of aromatic nitrogens is 1. The highest BCUT2D eigenvalue weighted by Crippen LogP contribution is 2.07. The van der Waals surface area contributed by atoms with Crippen molar-refractivity contribution in [3.05, 3.63) is 66.0 Å². The van der Waals surface area contributed by atoms with Crippen molar-refractivity contribution in [3.63, 3.8) is 0 Å². The molecule has 0 saturated heterocycles. The molecule has 1 aromatic carbocycles. The van der Waals surface area contributed by atoms with Gasteiger partial charge in [-0.25, -0.2) is 9.37 Å². The molecule has 0 spiro atoms. The zero-order chi connectivity index (χ0) is 13.7. The van der Waals surface area contributed by atoms with E-state index in [0.717, 1.165) is 6.07 Å². The molecule has 0 aliphatic heterocycles. The van der Waals surface area contributed by atoms with Gasteiger partial charge in [-0.2, -0.15) is 4.39 Å². The molecule has 19 heavy (non-hydrogen) atoms. The Hall–Kier alpha value is -2.56. The predicted molar refractivity (Wildman–Crippen MR) is 68.3 cm³/mol. The van der Waals surface area contributed by atoms with Crippen LogP contribution in [0.1, 0.15) is 5.56 Å². The Balaban J connectivity index is 1.97. The van der Waals surface area contributed by atoms with Crippen LogP contribution in [0.15, 0.2) is 48.7 Å². The van der Waals surface area contributed by atoms with Crippen LogP contribution in [0.3, 0.4) is 0 Å². The van der Waals surface area contributed by atoms with Gasteiger partial charge in [-0.15, -0.1) is 0 Å². The van der Waals surface area contributed by atoms with E-state index in [1.807, 2.05) is 0 Å². The van der Waals surface area contributed by atoms with Crippen molar-refractivity contribution >= 4 is 17.7 Å². The molecule has 2 rings (SSSR count). The van der Waals surface area contributed by atoms with Crippen molar-refractivity contribution in [1.82, 2.24) is 4.98 Å². The van der Waals surface area contributed by atoms with Gasteiger partial charge < -0.3 is 5.32 Å². The van der Waals surface area contributed by atoms with E-state index in [2.05, 4.69) is 10.3 Å². The first-order valence-electron chi connectivity index (χ1n) is 5.50. The highest BCUT2D eigenvalue weighted by atomic mass is 19.1. The summed E-state index contributed by atoms with van der Waals surface area (Å²) in [6, 6.07) is 8.28. The van der Waals surface area contributed by atoms with Gasteiger partial charge in [0.1, 0.15) is 5.82 Å². The lowest BCUT2D eigenvalue weighted by molar-refractivity contribution is -0.111. The molecule has 1 heterocycles. The first-order valence-corrected chi connectivity index (χ1v) is 5.50. The maximum absolute atomic E-state index is 12.7. The van der Waals surface area contributed by atoms with Crippen LogP contribution in [0.4, 0.5) is 14.5 Å². The Kier molecular flexibility index (Phi) is 3.97. The van der Waals surface area contributed by atoms with Crippen molar-refractivity contribution in [1.29, 1.82) is 0 Å². The van der Waals surface area contributed by atoms with Crippen LogP contribution >= 0.6 is 0 Å². The minimum atomic E-state index is -0.611. The quantitative estimate of drug-likeness (QED) is 0.681. The Morgan fingerprint density at radius 2 is 1.84 bits per heavy atom. The monoisotopic (exact) mass is 260 g/mol. The smallest absolute Gasteiger partial charge is 0.248 e. The Morgan fingerprint density at radius 3 is 2.47 bits per heavy atom. The Morgan fingerprint density at radius 1 is 1.11 bits per heavy atom. The maximum atomic E-state index is 12.7. The van der Waals surface area contributed by atoms with Crippen LogP contribution < -0.4 is 5.32 Å². The molecule has 3 nitrogen and oxygen atoms in total. The minimum Gasteiger partial charge on any atom is -0.321 e. The summed E-state index contributed by atoms with van der Waals surface area (Å²) in [6.45, 7) is 0. The zero-order valence-electron chi connectivity index (χ0n) is 9.81. The molecule has 0 saturated carbocycles. The van der Waals surface area contributed by atoms with E-state index in [4.69, 9.17) is 0 Å². The van der Waals surface area contributed by atoms with Gasteiger partial charge >= 0.3 is 0 Å². The number of nitrogens with one attached hydrogen (secondary N) is 1. The number of rotatable bonds is 3. The zero-order valence-corrected chi connectivity index (χ0v) is 9.81. The molecule has 0 fully saturated rings. The second kappa shape index (κ2) is 5.86. The molecule has 0 unspecified atom stereocenters. The first kappa shape index (κ1) is 12.9. The Bertz CT molecular complexity index is 592. The number of carbonyl (C=O) groups is 1. The van der Waals surface area contributed by atoms with E-state index < -0.39 is 5.95 Å². The summed E-state index contributed by atoms with van der Waals surface area (Å²) in [6.07, 6.45) is 4.07. The van der Waals surface area contributed by atoms with Crippen molar-refractivity contribution in [2.45, 2.75) is 0 Å². The number of pyridine rings is 1. The summed E-state index contributed by atoms with van der Waals surface area (Å²) >= 11 is 0. The molecule has 2 aromatic rings. The molecular formula is C14H10F2N2O. The lowest BCUT2D eigenvalue weighted by Gasteiger charge is -2.00. The van der Waals surface area contributed by atoms with Crippen molar-refractivity contribution in [3.8, 4) is 0 Å². The van der Waals surface area contributed by atoms with E-state index >= 15 is 0 Å². The van der Waals surface area contributed by atoms with E-state index in [1.165, 1.54) is 30.5 Å². The third kappa shape index (κ3) is 3.99. The topological polar surface area (TPSA) is 42.0 Å². The van der Waals surface area contributed by atoms with E-state index in [1.54, 1.807) is 18.2 Å². The van der Waals surface area contributed by atoms with Crippen LogP contribution in [-0.2, 0) is 4.79 Å². The summed E-state index contributed by atoms with van der Waals surface area (Å²) < 4.78 is 25.2. The number of halogens is 2. The van der Waals surface area contributed by atoms with Gasteiger partial charge in [0.25, 0.3) is 0 Å². The van der Waals surface area contributed by atoms with Crippen molar-refractivity contribution in [2.75, 3.05) is 5.32 Å². The van der Waals surface area contributed by atoms with Crippen molar-refractivity contribution < 1.29 is 13.6 Å². The van der Waals surface area contributed by atoms with Gasteiger partial charge in [-0.1, -0.05) is 12.1 Å². The average Bonchev–Trinajstić information content (AvgIpc) is 2.41. The van der Waals surface area contributed by atoms with Gasteiger partial charge in [0.05, 0.1) is 11.9 Å². The molecule has 1 N–H and O–H groups in total. The molecule has 0 aliphatic rings. The number of hydrogen-bond acceptors (Lipinski definition) is 2. The second-order valence-corrected chi connectivity index (χ2v) is 3.74. The molecule has 5 heteroatoms. The highest BCUT2D eigenvalue weighted by molar-refractivity contribution is 6.01. The summed E-state index contributed by atoms with van der Waals surface area (Å²) in [7, 11) is 0. The number of benzene rings is 1. The minimum absolute atomic E-state index is 0.334. The molecule has 0 bridgehead atoms. The van der Waals surface area contributed by atoms with E-state index in [0.29, 0.717) is 11.3 Å². The standard InChI is InChI=1S/C14H10F2N2O/c15-11-4-1-10(2-5-11)3-8-14(19)18-12-6-7-13(16)17-9-12/h1-9H,(H,18,19)/b8-3+. The van der Waals surface area contributed by atoms with Crippen LogP contribution in [0, 0.1) is 11.8 Å². The van der Waals surface area contributed by atoms with E-state index in [-0.39, 0.29) is 11.7 Å². The van der Waals surface area contributed by atoms with Gasteiger partial charge in [-0.05, 0) is 35.9 Å². The number of anilines is 1. The highest BCUT2D eigenvalue weighted by Gasteiger charge is 1.99. The SMILES string of the molecule is O=C(/C=C/c1ccc(F)cc1)Nc1ccc(F)nc1. The molecular weight excluding hydrogens is 250 g/mol. The van der Waals surface area contributed by atoms with Gasteiger partial charge in [0, 0.05) is 6.08 Å². The molecule has 0 atom stereocenters. The molecule has 1 aromatic heterocycles. The molecule has 96 valence electrons. The number of hydrogen-bond donors (Lipinski definition) is 1. The Labute approximate surface area is 108 Å². The number of carbonyl (C=O) groups excluding carboxylic acids is 1.